The summed E-state index contributed by atoms with van der Waals surface area (Å²) in [5.74, 6) is 8.04. The summed E-state index contributed by atoms with van der Waals surface area (Å²) in [6.45, 7) is 50.5. The second-order valence-corrected chi connectivity index (χ2v) is 57.4. The fraction of sp³-hybridized carbons (Fsp3) is 0.724. The summed E-state index contributed by atoms with van der Waals surface area (Å²) < 4.78 is 130. The van der Waals surface area contributed by atoms with Crippen LogP contribution in [0.3, 0.4) is 0 Å². The summed E-state index contributed by atoms with van der Waals surface area (Å²) in [5.41, 5.74) is 20.1. The van der Waals surface area contributed by atoms with Gasteiger partial charge in [-0.05, 0) is 431 Å². The molecule has 138 heavy (non-hydrogen) atoms. The summed E-state index contributed by atoms with van der Waals surface area (Å²) in [7, 11) is -8.15. The molecule has 26 nitrogen and oxygen atoms in total. The zero-order chi connectivity index (χ0) is 102. The molecule has 3 aliphatic heterocycles. The predicted molar refractivity (Wildman–Crippen MR) is 581 cm³/mol. The van der Waals surface area contributed by atoms with E-state index in [1.165, 1.54) is 61.3 Å². The summed E-state index contributed by atoms with van der Waals surface area (Å²) in [5, 5.41) is 19.0. The number of hydrogen-bond donors (Lipinski definition) is 10. The third kappa shape index (κ3) is 42.7. The van der Waals surface area contributed by atoms with Gasteiger partial charge in [0.1, 0.15) is 11.6 Å². The lowest BCUT2D eigenvalue weighted by Gasteiger charge is -2.36. The number of rotatable bonds is 25. The number of halogens is 2. The highest BCUT2D eigenvalue weighted by Crippen LogP contribution is 2.36. The van der Waals surface area contributed by atoms with Crippen molar-refractivity contribution in [3.8, 4) is 5.75 Å². The lowest BCUT2D eigenvalue weighted by atomic mass is 9.86. The normalized spacial score (nSPS) is 26.2. The number of piperidine rings is 2. The third-order valence-corrected chi connectivity index (χ3v) is 36.7. The van der Waals surface area contributed by atoms with Crippen LogP contribution in [0.2, 0.25) is 10.0 Å². The van der Waals surface area contributed by atoms with E-state index in [1.54, 1.807) is 111 Å². The zero-order valence-electron chi connectivity index (χ0n) is 87.6. The van der Waals surface area contributed by atoms with E-state index in [-0.39, 0.29) is 30.3 Å². The fourth-order valence-electron chi connectivity index (χ4n) is 18.5. The largest absolute Gasteiger partial charge is 0.772 e. The Labute approximate surface area is 849 Å². The number of benzene rings is 4. The molecule has 0 amide bonds. The molecule has 786 valence electrons. The van der Waals surface area contributed by atoms with Gasteiger partial charge in [0.2, 0.25) is 30.1 Å². The van der Waals surface area contributed by atoms with Crippen LogP contribution < -0.4 is 71.7 Å². The van der Waals surface area contributed by atoms with Gasteiger partial charge in [0.25, 0.3) is 0 Å². The van der Waals surface area contributed by atoms with E-state index in [0.29, 0.717) is 40.6 Å². The number of ether oxygens (including phenoxy) is 2. The fourth-order valence-corrected chi connectivity index (χ4v) is 22.0. The van der Waals surface area contributed by atoms with Crippen LogP contribution in [0, 0.1) is 53.3 Å². The van der Waals surface area contributed by atoms with Crippen molar-refractivity contribution >= 4 is 121 Å². The zero-order valence-corrected chi connectivity index (χ0v) is 93.2. The minimum Gasteiger partial charge on any atom is -0.772 e. The molecule has 4 heterocycles. The number of pyridine rings is 1. The molecule has 13 rings (SSSR count). The quantitative estimate of drug-likeness (QED) is 0.0243. The molecule has 8 aliphatic rings. The number of sulfonamides is 3. The van der Waals surface area contributed by atoms with E-state index in [9.17, 15) is 42.8 Å². The Hall–Kier alpha value is -5.36. The van der Waals surface area contributed by atoms with Crippen LogP contribution in [0.25, 0.3) is 0 Å². The first-order chi connectivity index (χ1) is 64.4. The Morgan fingerprint density at radius 1 is 0.399 bits per heavy atom. The summed E-state index contributed by atoms with van der Waals surface area (Å²) in [6, 6.07) is 36.6. The number of nitrogens with two attached hydrogens (primary N) is 2. The van der Waals surface area contributed by atoms with Crippen LogP contribution in [0.5, 0.6) is 5.75 Å². The Kier molecular flexibility index (Phi) is 48.4. The summed E-state index contributed by atoms with van der Waals surface area (Å²) in [6.07, 6.45) is 26.5. The second-order valence-electron chi connectivity index (χ2n) is 45.7. The van der Waals surface area contributed by atoms with Gasteiger partial charge in [-0.1, -0.05) is 57.0 Å². The molecule has 4 aromatic carbocycles. The van der Waals surface area contributed by atoms with Crippen LogP contribution in [-0.4, -0.2) is 193 Å². The first kappa shape index (κ1) is 120. The van der Waals surface area contributed by atoms with Crippen molar-refractivity contribution < 1.29 is 52.3 Å². The molecular weight excluding hydrogens is 1880 g/mol. The van der Waals surface area contributed by atoms with E-state index in [0.717, 1.165) is 238 Å². The molecule has 0 radical (unpaired) electrons. The maximum Gasteiger partial charge on any atom is 0.216 e. The van der Waals surface area contributed by atoms with Gasteiger partial charge in [-0.2, -0.15) is 0 Å². The van der Waals surface area contributed by atoms with Gasteiger partial charge in [0.15, 0.2) is 0 Å². The third-order valence-electron chi connectivity index (χ3n) is 27.4. The predicted octanol–water partition coefficient (Wildman–Crippen LogP) is 21.0. The van der Waals surface area contributed by atoms with Crippen LogP contribution >= 0.6 is 23.2 Å². The van der Waals surface area contributed by atoms with E-state index >= 15 is 0 Å². The molecule has 8 fully saturated rings. The van der Waals surface area contributed by atoms with Gasteiger partial charge in [-0.3, -0.25) is 8.42 Å². The Morgan fingerprint density at radius 2 is 0.688 bits per heavy atom. The van der Waals surface area contributed by atoms with Crippen molar-refractivity contribution in [1.29, 1.82) is 0 Å². The lowest BCUT2D eigenvalue weighted by molar-refractivity contribution is -0.00546. The highest BCUT2D eigenvalue weighted by atomic mass is 35.5. The van der Waals surface area contributed by atoms with Crippen molar-refractivity contribution in [2.24, 2.45) is 64.7 Å². The minimum absolute atomic E-state index is 0.0710. The standard InChI is InChI=1S/2C24H41N3O2S.C18H30N4O.C17H27ClN2O2S.C14H21ClN2O.2C4H10O2S/c2*1-18-14-19(2)17-27(16-18)23-12-10-21(11-13-23)25-15-20-6-8-22(9-7-20)26-30(28,29)24(3,4)5;1-13-11-22(12-14(2)23-13)18-8-7-17(10-21-18)20-9-15-3-5-16(19)6-4-15;1-17(2,3)23(21,22)20-15-9-7-13(8-10-15)12-19-16-6-4-5-14(18)11-16;1-18-14-7-6-12(8-13(14)15)17-9-10-2-4-11(16)5-3-10;2*1-4(2,3)7(5)6/h2*10-13,18-20,22,25-26H,6-9,14-17H2,1-5H3;7-8,10,13-16,20H,3-6,9,11-12,19H2,1-2H3;4-6,11,13,15,19-20H,7-10,12H2,1-3H3;6-8,10-11,17H,2-5,9,16H2,1H3;2*1-3H3,(H,5,6)/p-2/t18-,19+,20?,22?;18-,19-,20?,22?;13-,14+,15?,16?;;;;/m.1...../s1. The minimum atomic E-state index is -3.26. The first-order valence-electron chi connectivity index (χ1n) is 51.0. The second kappa shape index (κ2) is 55.8. The van der Waals surface area contributed by atoms with Crippen LogP contribution in [-0.2, 0) is 57.0 Å². The maximum atomic E-state index is 12.4. The average molecular weight is 2060 g/mol. The SMILES string of the molecule is CC(C)(C)S(=O)(=O)NC1CCC(CNc2cccc(Cl)c2)CC1.CC(C)(C)S(=O)[O-].CC(C)(C)S(=O)[O-].COc1ccc(NCC2CCC(N)CC2)cc1Cl.C[C@@H]1CN(c2ccc(NCC3CCC(N)CC3)cn2)C[C@H](C)O1.C[C@@H]1C[C@@H](C)CN(c2ccc(NCC3CCC(NS(=O)(=O)C(C)(C)C)CC3)cc2)C1.C[C@@H]1C[C@H](C)CN(c2ccc(NCC3CCC(NS(=O)(=O)C(C)(C)C)CC3)cc2)C1. The number of aromatic nitrogens is 1. The van der Waals surface area contributed by atoms with E-state index < -0.39 is 76.0 Å². The Morgan fingerprint density at radius 3 is 0.971 bits per heavy atom. The van der Waals surface area contributed by atoms with Crippen LogP contribution in [0.1, 0.15) is 287 Å². The molecule has 8 atom stereocenters. The van der Waals surface area contributed by atoms with Crippen molar-refractivity contribution in [3.05, 3.63) is 119 Å². The highest BCUT2D eigenvalue weighted by Gasteiger charge is 2.37. The van der Waals surface area contributed by atoms with Crippen molar-refractivity contribution in [1.82, 2.24) is 19.2 Å². The number of methoxy groups -OCH3 is 1. The average Bonchev–Trinajstić information content (AvgIpc) is 0.838. The molecule has 2 unspecified atom stereocenters. The molecule has 33 heteroatoms. The first-order valence-corrected chi connectivity index (χ1v) is 58.4. The summed E-state index contributed by atoms with van der Waals surface area (Å²) in [4.78, 5) is 12.0. The number of nitrogens with zero attached hydrogens (tertiary/aromatic N) is 4. The molecule has 3 saturated heterocycles. The number of morpholine rings is 1. The molecular formula is C105H178Cl2N14O12S5-2. The molecule has 5 aromatic rings. The Bertz CT molecular complexity index is 4580. The van der Waals surface area contributed by atoms with E-state index in [2.05, 4.69) is 163 Å². The van der Waals surface area contributed by atoms with Crippen molar-refractivity contribution in [3.63, 3.8) is 0 Å². The molecule has 0 spiro atoms. The molecule has 0 bridgehead atoms. The van der Waals surface area contributed by atoms with Crippen LogP contribution in [0.15, 0.2) is 109 Å². The van der Waals surface area contributed by atoms with Gasteiger partial charge < -0.3 is 71.3 Å². The monoisotopic (exact) mass is 2060 g/mol. The molecule has 1 aromatic heterocycles. The van der Waals surface area contributed by atoms with Gasteiger partial charge in [-0.15, -0.1) is 0 Å². The topological polar surface area (TPSA) is 372 Å². The number of hydrogen-bond acceptors (Lipinski definition) is 23. The number of anilines is 8. The molecule has 12 N–H and O–H groups in total. The van der Waals surface area contributed by atoms with E-state index in [4.69, 9.17) is 44.1 Å². The molecule has 5 saturated carbocycles. The van der Waals surface area contributed by atoms with Gasteiger partial charge >= 0.3 is 0 Å². The highest BCUT2D eigenvalue weighted by molar-refractivity contribution is 7.91. The maximum absolute atomic E-state index is 12.4. The van der Waals surface area contributed by atoms with Crippen molar-refractivity contribution in [2.45, 2.75) is 353 Å². The van der Waals surface area contributed by atoms with Gasteiger partial charge in [0, 0.05) is 151 Å². The van der Waals surface area contributed by atoms with Crippen LogP contribution in [0.4, 0.5) is 45.6 Å². The summed E-state index contributed by atoms with van der Waals surface area (Å²) >= 11 is 8.20. The van der Waals surface area contributed by atoms with Crippen molar-refractivity contribution in [2.75, 3.05) is 120 Å². The lowest BCUT2D eigenvalue weighted by Crippen LogP contribution is -2.46. The van der Waals surface area contributed by atoms with Gasteiger partial charge in [-0.25, -0.2) is 44.4 Å². The smallest absolute Gasteiger partial charge is 0.216 e. The van der Waals surface area contributed by atoms with E-state index in [1.807, 2.05) is 48.7 Å². The van der Waals surface area contributed by atoms with Gasteiger partial charge in [0.05, 0.1) is 50.5 Å². The number of nitrogens with one attached hydrogen (secondary N) is 8. The Balaban J connectivity index is 0.000000228. The molecule has 5 aliphatic carbocycles.